The molecule has 2 unspecified atom stereocenters. The van der Waals surface area contributed by atoms with Gasteiger partial charge in [0.2, 0.25) is 12.7 Å². The third-order valence-electron chi connectivity index (χ3n) is 3.93. The Balaban J connectivity index is 1.71. The fourth-order valence-electron chi connectivity index (χ4n) is 2.65. The average molecular weight is 302 g/mol. The van der Waals surface area contributed by atoms with E-state index in [2.05, 4.69) is 5.32 Å². The van der Waals surface area contributed by atoms with Crippen LogP contribution in [0.4, 0.5) is 0 Å². The van der Waals surface area contributed by atoms with E-state index < -0.39 is 12.0 Å². The first-order valence-corrected chi connectivity index (χ1v) is 7.30. The number of hydrogen-bond acceptors (Lipinski definition) is 5. The average Bonchev–Trinajstić information content (AvgIpc) is 2.92. The number of nitrogens with one attached hydrogen (secondary N) is 1. The van der Waals surface area contributed by atoms with Gasteiger partial charge in [0.05, 0.1) is 6.04 Å². The number of amides is 1. The van der Waals surface area contributed by atoms with E-state index in [-0.39, 0.29) is 18.5 Å². The quantitative estimate of drug-likeness (QED) is 0.808. The maximum absolute atomic E-state index is 12.3. The van der Waals surface area contributed by atoms with Crippen LogP contribution in [0, 0.1) is 5.92 Å². The van der Waals surface area contributed by atoms with Crippen molar-refractivity contribution in [2.24, 2.45) is 11.7 Å². The minimum Gasteiger partial charge on any atom is -0.454 e. The molecule has 2 heterocycles. The Kier molecular flexibility index (Phi) is 4.11. The first kappa shape index (κ1) is 14.6. The molecule has 2 aliphatic rings. The van der Waals surface area contributed by atoms with Crippen molar-refractivity contribution in [2.75, 3.05) is 13.3 Å². The Morgan fingerprint density at radius 3 is 3.00 bits per heavy atom. The molecule has 2 aliphatic heterocycles. The molecule has 0 aliphatic carbocycles. The second-order valence-electron chi connectivity index (χ2n) is 5.41. The number of ether oxygens (including phenoxy) is 2. The molecule has 0 radical (unpaired) electrons. The molecule has 6 heteroatoms. The smallest absolute Gasteiger partial charge is 0.237 e. The number of ketones is 1. The summed E-state index contributed by atoms with van der Waals surface area (Å²) in [6.07, 6.45) is 4.57. The van der Waals surface area contributed by atoms with E-state index in [0.717, 1.165) is 12.0 Å². The first-order chi connectivity index (χ1) is 10.6. The molecular formula is C16H18N2O4. The summed E-state index contributed by atoms with van der Waals surface area (Å²) in [5.41, 5.74) is 6.70. The second-order valence-corrected chi connectivity index (χ2v) is 5.41. The fourth-order valence-corrected chi connectivity index (χ4v) is 2.65. The van der Waals surface area contributed by atoms with Gasteiger partial charge in [-0.1, -0.05) is 12.1 Å². The number of nitrogens with two attached hydrogens (primary N) is 1. The molecule has 1 fully saturated rings. The molecule has 1 amide bonds. The maximum atomic E-state index is 12.3. The Labute approximate surface area is 128 Å². The monoisotopic (exact) mass is 302 g/mol. The SMILES string of the molecule is NC1C(=O)NCCCC1C(=O)C=Cc1ccc2c(c1)OCO2. The molecule has 116 valence electrons. The molecule has 1 saturated heterocycles. The van der Waals surface area contributed by atoms with E-state index in [1.807, 2.05) is 12.1 Å². The highest BCUT2D eigenvalue weighted by atomic mass is 16.7. The number of carbonyl (C=O) groups is 2. The molecular weight excluding hydrogens is 284 g/mol. The highest BCUT2D eigenvalue weighted by Gasteiger charge is 2.30. The van der Waals surface area contributed by atoms with Gasteiger partial charge in [0.1, 0.15) is 0 Å². The molecule has 6 nitrogen and oxygen atoms in total. The molecule has 22 heavy (non-hydrogen) atoms. The van der Waals surface area contributed by atoms with Crippen LogP contribution in [-0.4, -0.2) is 31.1 Å². The van der Waals surface area contributed by atoms with Crippen LogP contribution in [0.1, 0.15) is 18.4 Å². The third-order valence-corrected chi connectivity index (χ3v) is 3.93. The zero-order valence-corrected chi connectivity index (χ0v) is 12.1. The molecule has 0 saturated carbocycles. The molecule has 1 aromatic carbocycles. The van der Waals surface area contributed by atoms with Gasteiger partial charge in [-0.25, -0.2) is 0 Å². The predicted octanol–water partition coefficient (Wildman–Crippen LogP) is 0.851. The van der Waals surface area contributed by atoms with Crippen LogP contribution >= 0.6 is 0 Å². The summed E-state index contributed by atoms with van der Waals surface area (Å²) in [5, 5.41) is 2.71. The van der Waals surface area contributed by atoms with Crippen molar-refractivity contribution in [3.63, 3.8) is 0 Å². The first-order valence-electron chi connectivity index (χ1n) is 7.30. The van der Waals surface area contributed by atoms with E-state index >= 15 is 0 Å². The summed E-state index contributed by atoms with van der Waals surface area (Å²) in [5.74, 6) is 0.522. The minimum atomic E-state index is -0.781. The van der Waals surface area contributed by atoms with E-state index in [9.17, 15) is 9.59 Å². The Morgan fingerprint density at radius 2 is 2.14 bits per heavy atom. The number of allylic oxidation sites excluding steroid dienone is 1. The van der Waals surface area contributed by atoms with Gasteiger partial charge in [-0.3, -0.25) is 9.59 Å². The lowest BCUT2D eigenvalue weighted by molar-refractivity contribution is -0.127. The highest BCUT2D eigenvalue weighted by Crippen LogP contribution is 2.32. The molecule has 0 bridgehead atoms. The van der Waals surface area contributed by atoms with E-state index in [0.29, 0.717) is 24.5 Å². The predicted molar refractivity (Wildman–Crippen MR) is 80.3 cm³/mol. The summed E-state index contributed by atoms with van der Waals surface area (Å²) >= 11 is 0. The second kappa shape index (κ2) is 6.19. The van der Waals surface area contributed by atoms with Crippen molar-refractivity contribution in [2.45, 2.75) is 18.9 Å². The van der Waals surface area contributed by atoms with Crippen LogP contribution in [0.25, 0.3) is 6.08 Å². The number of fused-ring (bicyclic) bond motifs is 1. The van der Waals surface area contributed by atoms with E-state index in [1.165, 1.54) is 6.08 Å². The summed E-state index contributed by atoms with van der Waals surface area (Å²) in [6.45, 7) is 0.787. The Hall–Kier alpha value is -2.34. The molecule has 0 spiro atoms. The minimum absolute atomic E-state index is 0.123. The summed E-state index contributed by atoms with van der Waals surface area (Å²) in [6, 6.07) is 4.68. The van der Waals surface area contributed by atoms with Crippen molar-refractivity contribution in [3.8, 4) is 11.5 Å². The number of benzene rings is 1. The van der Waals surface area contributed by atoms with Crippen molar-refractivity contribution >= 4 is 17.8 Å². The number of hydrogen-bond donors (Lipinski definition) is 2. The normalized spacial score (nSPS) is 24.1. The summed E-state index contributed by atoms with van der Waals surface area (Å²) in [4.78, 5) is 24.0. The summed E-state index contributed by atoms with van der Waals surface area (Å²) < 4.78 is 10.5. The highest BCUT2D eigenvalue weighted by molar-refractivity contribution is 5.99. The van der Waals surface area contributed by atoms with Gasteiger partial charge >= 0.3 is 0 Å². The van der Waals surface area contributed by atoms with Gasteiger partial charge in [-0.2, -0.15) is 0 Å². The molecule has 3 N–H and O–H groups in total. The molecule has 0 aromatic heterocycles. The topological polar surface area (TPSA) is 90.7 Å². The van der Waals surface area contributed by atoms with Gasteiger partial charge in [-0.15, -0.1) is 0 Å². The van der Waals surface area contributed by atoms with Gasteiger partial charge in [0, 0.05) is 12.5 Å². The van der Waals surface area contributed by atoms with E-state index in [1.54, 1.807) is 12.1 Å². The van der Waals surface area contributed by atoms with Crippen LogP contribution in [0.2, 0.25) is 0 Å². The van der Waals surface area contributed by atoms with Gasteiger partial charge in [-0.05, 0) is 36.6 Å². The van der Waals surface area contributed by atoms with E-state index in [4.69, 9.17) is 15.2 Å². The molecule has 3 rings (SSSR count). The molecule has 2 atom stereocenters. The molecule has 1 aromatic rings. The van der Waals surface area contributed by atoms with Crippen molar-refractivity contribution < 1.29 is 19.1 Å². The standard InChI is InChI=1S/C16H18N2O4/c17-15-11(2-1-7-18-16(15)20)12(19)5-3-10-4-6-13-14(8-10)22-9-21-13/h3-6,8,11,15H,1-2,7,9,17H2,(H,18,20). The zero-order chi connectivity index (χ0) is 15.5. The van der Waals surface area contributed by atoms with Gasteiger partial charge < -0.3 is 20.5 Å². The lowest BCUT2D eigenvalue weighted by atomic mass is 9.91. The van der Waals surface area contributed by atoms with Crippen molar-refractivity contribution in [3.05, 3.63) is 29.8 Å². The van der Waals surface area contributed by atoms with Crippen LogP contribution in [-0.2, 0) is 9.59 Å². The maximum Gasteiger partial charge on any atom is 0.237 e. The largest absolute Gasteiger partial charge is 0.454 e. The number of rotatable bonds is 3. The number of carbonyl (C=O) groups excluding carboxylic acids is 2. The lowest BCUT2D eigenvalue weighted by Gasteiger charge is -2.16. The van der Waals surface area contributed by atoms with Crippen LogP contribution in [0.15, 0.2) is 24.3 Å². The van der Waals surface area contributed by atoms with Crippen LogP contribution < -0.4 is 20.5 Å². The fraction of sp³-hybridized carbons (Fsp3) is 0.375. The van der Waals surface area contributed by atoms with Crippen molar-refractivity contribution in [1.82, 2.24) is 5.32 Å². The third kappa shape index (κ3) is 2.96. The van der Waals surface area contributed by atoms with Crippen LogP contribution in [0.3, 0.4) is 0 Å². The van der Waals surface area contributed by atoms with Gasteiger partial charge in [0.15, 0.2) is 17.3 Å². The van der Waals surface area contributed by atoms with Crippen LogP contribution in [0.5, 0.6) is 11.5 Å². The zero-order valence-electron chi connectivity index (χ0n) is 12.1. The Bertz CT molecular complexity index is 627. The Morgan fingerprint density at radius 1 is 1.32 bits per heavy atom. The van der Waals surface area contributed by atoms with Crippen molar-refractivity contribution in [1.29, 1.82) is 0 Å². The summed E-state index contributed by atoms with van der Waals surface area (Å²) in [7, 11) is 0. The lowest BCUT2D eigenvalue weighted by Crippen LogP contribution is -2.45. The van der Waals surface area contributed by atoms with Gasteiger partial charge in [0.25, 0.3) is 0 Å².